The van der Waals surface area contributed by atoms with Crippen LogP contribution in [0.15, 0.2) is 0 Å². The molecule has 0 spiro atoms. The van der Waals surface area contributed by atoms with Gasteiger partial charge in [-0.15, -0.1) is 0 Å². The van der Waals surface area contributed by atoms with Gasteiger partial charge in [-0.1, -0.05) is 0 Å². The Bertz CT molecular complexity index is 165. The normalized spacial score (nSPS) is 9.69. The van der Waals surface area contributed by atoms with Gasteiger partial charge in [0.2, 0.25) is 0 Å². The minimum atomic E-state index is -0.338. The molecular weight excluding hydrogens is 172 g/mol. The van der Waals surface area contributed by atoms with Crippen molar-refractivity contribution in [3.05, 3.63) is 0 Å². The van der Waals surface area contributed by atoms with Gasteiger partial charge in [0.25, 0.3) is 0 Å². The first-order valence-electron chi connectivity index (χ1n) is 4.39. The van der Waals surface area contributed by atoms with E-state index in [2.05, 4.69) is 0 Å². The Kier molecular flexibility index (Phi) is 7.20. The van der Waals surface area contributed by atoms with Gasteiger partial charge >= 0.3 is 5.97 Å². The molecule has 0 rings (SSSR count). The molecule has 0 radical (unpaired) electrons. The lowest BCUT2D eigenvalue weighted by atomic mass is 10.2. The maximum atomic E-state index is 10.9. The van der Waals surface area contributed by atoms with Crippen LogP contribution in [-0.4, -0.2) is 31.6 Å². The molecule has 0 atom stereocenters. The minimum Gasteiger partial charge on any atom is -0.463 e. The Morgan fingerprint density at radius 1 is 1.15 bits per heavy atom. The summed E-state index contributed by atoms with van der Waals surface area (Å²) in [5.41, 5.74) is 0. The molecule has 4 heteroatoms. The van der Waals surface area contributed by atoms with Crippen LogP contribution in [0.2, 0.25) is 0 Å². The second-order valence-electron chi connectivity index (χ2n) is 2.62. The third-order valence-electron chi connectivity index (χ3n) is 1.38. The molecule has 0 fully saturated rings. The van der Waals surface area contributed by atoms with Gasteiger partial charge in [0.15, 0.2) is 0 Å². The molecule has 0 aliphatic rings. The summed E-state index contributed by atoms with van der Waals surface area (Å²) in [6.07, 6.45) is 0.426. The van der Waals surface area contributed by atoms with Crippen LogP contribution in [0.25, 0.3) is 0 Å². The predicted octanol–water partition coefficient (Wildman–Crippen LogP) is 0.935. The number of carbonyl (C=O) groups excluding carboxylic acids is 2. The van der Waals surface area contributed by atoms with Crippen molar-refractivity contribution in [2.75, 3.05) is 19.8 Å². The summed E-state index contributed by atoms with van der Waals surface area (Å²) in [4.78, 5) is 21.4. The summed E-state index contributed by atoms with van der Waals surface area (Å²) in [6.45, 7) is 4.63. The van der Waals surface area contributed by atoms with Crippen LogP contribution in [0.1, 0.15) is 26.7 Å². The van der Waals surface area contributed by atoms with Crippen molar-refractivity contribution < 1.29 is 19.1 Å². The molecule has 13 heavy (non-hydrogen) atoms. The van der Waals surface area contributed by atoms with Gasteiger partial charge in [-0.2, -0.15) is 0 Å². The quantitative estimate of drug-likeness (QED) is 0.440. The summed E-state index contributed by atoms with van der Waals surface area (Å²) in [7, 11) is 0. The fourth-order valence-corrected chi connectivity index (χ4v) is 0.709. The molecule has 0 saturated heterocycles. The predicted molar refractivity (Wildman–Crippen MR) is 47.4 cm³/mol. The highest BCUT2D eigenvalue weighted by Gasteiger charge is 2.03. The van der Waals surface area contributed by atoms with Gasteiger partial charge in [-0.05, 0) is 13.8 Å². The molecule has 0 aromatic heterocycles. The van der Waals surface area contributed by atoms with E-state index in [9.17, 15) is 9.59 Å². The van der Waals surface area contributed by atoms with Gasteiger partial charge in [0.1, 0.15) is 12.4 Å². The fraction of sp³-hybridized carbons (Fsp3) is 0.778. The van der Waals surface area contributed by atoms with Gasteiger partial charge in [0, 0.05) is 13.0 Å². The first-order chi connectivity index (χ1) is 6.16. The maximum Gasteiger partial charge on any atom is 0.306 e. The highest BCUT2D eigenvalue weighted by atomic mass is 16.6. The zero-order valence-electron chi connectivity index (χ0n) is 8.17. The maximum absolute atomic E-state index is 10.9. The van der Waals surface area contributed by atoms with Crippen LogP contribution >= 0.6 is 0 Å². The Morgan fingerprint density at radius 3 is 2.38 bits per heavy atom. The first kappa shape index (κ1) is 12.1. The van der Waals surface area contributed by atoms with E-state index in [1.54, 1.807) is 0 Å². The first-order valence-corrected chi connectivity index (χ1v) is 4.39. The standard InChI is InChI=1S/C9H16O4/c1-3-12-6-7-13-9(11)5-4-8(2)10/h3-7H2,1-2H3. The SMILES string of the molecule is CCOCCOC(=O)CCC(C)=O. The molecule has 4 nitrogen and oxygen atoms in total. The molecule has 0 heterocycles. The number of rotatable bonds is 7. The number of ether oxygens (including phenoxy) is 2. The third-order valence-corrected chi connectivity index (χ3v) is 1.38. The van der Waals surface area contributed by atoms with E-state index in [-0.39, 0.29) is 31.2 Å². The Morgan fingerprint density at radius 2 is 1.85 bits per heavy atom. The lowest BCUT2D eigenvalue weighted by Gasteiger charge is -2.03. The van der Waals surface area contributed by atoms with E-state index >= 15 is 0 Å². The van der Waals surface area contributed by atoms with Crippen molar-refractivity contribution in [1.82, 2.24) is 0 Å². The number of hydrogen-bond donors (Lipinski definition) is 0. The lowest BCUT2D eigenvalue weighted by molar-refractivity contribution is -0.146. The Hall–Kier alpha value is -0.900. The van der Waals surface area contributed by atoms with E-state index in [0.29, 0.717) is 13.2 Å². The molecule has 0 aliphatic heterocycles. The monoisotopic (exact) mass is 188 g/mol. The van der Waals surface area contributed by atoms with Gasteiger partial charge in [-0.25, -0.2) is 0 Å². The van der Waals surface area contributed by atoms with Crippen molar-refractivity contribution in [2.45, 2.75) is 26.7 Å². The molecule has 0 aromatic carbocycles. The number of esters is 1. The van der Waals surface area contributed by atoms with Crippen LogP contribution in [0.3, 0.4) is 0 Å². The third kappa shape index (κ3) is 9.01. The zero-order valence-corrected chi connectivity index (χ0v) is 8.17. The summed E-state index contributed by atoms with van der Waals surface area (Å²) in [5.74, 6) is -0.336. The summed E-state index contributed by atoms with van der Waals surface area (Å²) in [5, 5.41) is 0. The molecule has 0 unspecified atom stereocenters. The van der Waals surface area contributed by atoms with E-state index in [4.69, 9.17) is 9.47 Å². The van der Waals surface area contributed by atoms with Crippen LogP contribution in [-0.2, 0) is 19.1 Å². The van der Waals surface area contributed by atoms with Crippen LogP contribution in [0.4, 0.5) is 0 Å². The van der Waals surface area contributed by atoms with Crippen molar-refractivity contribution in [3.8, 4) is 0 Å². The molecular formula is C9H16O4. The van der Waals surface area contributed by atoms with E-state index in [1.807, 2.05) is 6.92 Å². The highest BCUT2D eigenvalue weighted by molar-refractivity contribution is 5.80. The molecule has 0 N–H and O–H groups in total. The number of carbonyl (C=O) groups is 2. The Balaban J connectivity index is 3.25. The average Bonchev–Trinajstić information content (AvgIpc) is 2.09. The van der Waals surface area contributed by atoms with Crippen molar-refractivity contribution in [1.29, 1.82) is 0 Å². The lowest BCUT2D eigenvalue weighted by Crippen LogP contribution is -2.11. The molecule has 0 amide bonds. The van der Waals surface area contributed by atoms with Crippen molar-refractivity contribution in [3.63, 3.8) is 0 Å². The average molecular weight is 188 g/mol. The molecule has 0 aromatic rings. The second kappa shape index (κ2) is 7.73. The van der Waals surface area contributed by atoms with Gasteiger partial charge in [-0.3, -0.25) is 4.79 Å². The number of ketones is 1. The van der Waals surface area contributed by atoms with Gasteiger partial charge < -0.3 is 14.3 Å². The number of hydrogen-bond acceptors (Lipinski definition) is 4. The van der Waals surface area contributed by atoms with Crippen LogP contribution in [0.5, 0.6) is 0 Å². The fourth-order valence-electron chi connectivity index (χ4n) is 0.709. The van der Waals surface area contributed by atoms with Crippen molar-refractivity contribution in [2.24, 2.45) is 0 Å². The second-order valence-corrected chi connectivity index (χ2v) is 2.62. The molecule has 0 saturated carbocycles. The molecule has 0 aliphatic carbocycles. The van der Waals surface area contributed by atoms with Crippen LogP contribution < -0.4 is 0 Å². The highest BCUT2D eigenvalue weighted by Crippen LogP contribution is 1.93. The largest absolute Gasteiger partial charge is 0.463 e. The number of Topliss-reactive ketones (excluding diaryl/α,β-unsaturated/α-hetero) is 1. The Labute approximate surface area is 78.2 Å². The van der Waals surface area contributed by atoms with Gasteiger partial charge in [0.05, 0.1) is 13.0 Å². The smallest absolute Gasteiger partial charge is 0.306 e. The zero-order chi connectivity index (χ0) is 10.1. The topological polar surface area (TPSA) is 52.6 Å². The summed E-state index contributed by atoms with van der Waals surface area (Å²) >= 11 is 0. The van der Waals surface area contributed by atoms with Crippen LogP contribution in [0, 0.1) is 0 Å². The summed E-state index contributed by atoms with van der Waals surface area (Å²) in [6, 6.07) is 0. The molecule has 0 bridgehead atoms. The minimum absolute atomic E-state index is 0.00163. The van der Waals surface area contributed by atoms with E-state index in [0.717, 1.165) is 0 Å². The van der Waals surface area contributed by atoms with E-state index < -0.39 is 0 Å². The summed E-state index contributed by atoms with van der Waals surface area (Å²) < 4.78 is 9.74. The van der Waals surface area contributed by atoms with E-state index in [1.165, 1.54) is 6.92 Å². The van der Waals surface area contributed by atoms with Crippen molar-refractivity contribution >= 4 is 11.8 Å². The molecule has 76 valence electrons.